The van der Waals surface area contributed by atoms with Gasteiger partial charge < -0.3 is 5.73 Å². The number of aromatic nitrogens is 1. The van der Waals surface area contributed by atoms with Crippen LogP contribution in [-0.2, 0) is 11.8 Å². The van der Waals surface area contributed by atoms with Gasteiger partial charge in [0.2, 0.25) is 0 Å². The Morgan fingerprint density at radius 2 is 1.17 bits per heavy atom. The summed E-state index contributed by atoms with van der Waals surface area (Å²) in [6.45, 7) is 0. The summed E-state index contributed by atoms with van der Waals surface area (Å²) in [4.78, 5) is 9.53. The normalized spacial score (nSPS) is 13.2. The quantitative estimate of drug-likeness (QED) is 0.117. The number of hydrogen-bond donors (Lipinski definition) is 1. The highest BCUT2D eigenvalue weighted by molar-refractivity contribution is 6.07. The Kier molecular flexibility index (Phi) is 9.63. The number of rotatable bonds is 9. The van der Waals surface area contributed by atoms with Crippen molar-refractivity contribution < 1.29 is 0 Å². The fraction of sp³-hybridized carbons (Fsp3) is 0.0333. The molecular formula is C60H43N3. The fourth-order valence-corrected chi connectivity index (χ4v) is 9.86. The lowest BCUT2D eigenvalue weighted by atomic mass is 9.66. The van der Waals surface area contributed by atoms with E-state index in [1.165, 1.54) is 55.3 Å². The van der Waals surface area contributed by atoms with Crippen molar-refractivity contribution in [1.82, 2.24) is 4.98 Å². The van der Waals surface area contributed by atoms with Crippen LogP contribution in [0.15, 0.2) is 242 Å². The molecule has 298 valence electrons. The molecule has 0 bridgehead atoms. The number of allylic oxidation sites excluding steroid dienone is 1. The number of fused-ring (bicyclic) bond motifs is 6. The zero-order valence-corrected chi connectivity index (χ0v) is 34.7. The first-order valence-corrected chi connectivity index (χ1v) is 21.6. The molecule has 10 aromatic rings. The Balaban J connectivity index is 1.08. The van der Waals surface area contributed by atoms with Gasteiger partial charge in [-0.1, -0.05) is 212 Å². The number of nitrogens with two attached hydrogens (primary N) is 1. The Morgan fingerprint density at radius 1 is 0.508 bits per heavy atom. The van der Waals surface area contributed by atoms with E-state index >= 15 is 0 Å². The molecule has 2 N–H and O–H groups in total. The van der Waals surface area contributed by atoms with Gasteiger partial charge in [0.1, 0.15) is 5.84 Å². The van der Waals surface area contributed by atoms with E-state index in [0.717, 1.165) is 44.3 Å². The molecule has 3 nitrogen and oxygen atoms in total. The molecule has 0 saturated heterocycles. The second-order valence-corrected chi connectivity index (χ2v) is 16.3. The summed E-state index contributed by atoms with van der Waals surface area (Å²) in [6.07, 6.45) is 6.60. The van der Waals surface area contributed by atoms with Crippen molar-refractivity contribution in [1.29, 1.82) is 0 Å². The van der Waals surface area contributed by atoms with Crippen molar-refractivity contribution in [2.75, 3.05) is 0 Å². The third-order valence-electron chi connectivity index (χ3n) is 12.7. The number of aliphatic imine (C=N–C) groups is 1. The number of pyridine rings is 1. The minimum absolute atomic E-state index is 0.476. The van der Waals surface area contributed by atoms with Crippen molar-refractivity contribution >= 4 is 33.1 Å². The van der Waals surface area contributed by atoms with Gasteiger partial charge in [-0.25, -0.2) is 4.99 Å². The minimum Gasteiger partial charge on any atom is -0.383 e. The Bertz CT molecular complexity index is 3310. The molecule has 1 heterocycles. The van der Waals surface area contributed by atoms with Gasteiger partial charge >= 0.3 is 0 Å². The van der Waals surface area contributed by atoms with Gasteiger partial charge in [0.25, 0.3) is 0 Å². The van der Waals surface area contributed by atoms with Gasteiger partial charge in [0.05, 0.1) is 11.1 Å². The molecule has 0 saturated carbocycles. The second kappa shape index (κ2) is 16.0. The first-order chi connectivity index (χ1) is 31.2. The number of hydrogen-bond acceptors (Lipinski definition) is 2. The number of amidine groups is 1. The van der Waals surface area contributed by atoms with Gasteiger partial charge in [0, 0.05) is 23.5 Å². The lowest BCUT2D eigenvalue weighted by Gasteiger charge is -2.34. The van der Waals surface area contributed by atoms with Crippen LogP contribution in [0.2, 0.25) is 0 Å². The van der Waals surface area contributed by atoms with Gasteiger partial charge in [0.15, 0.2) is 0 Å². The molecule has 11 rings (SSSR count). The maximum Gasteiger partial charge on any atom is 0.131 e. The maximum atomic E-state index is 6.80. The highest BCUT2D eigenvalue weighted by Gasteiger charge is 2.47. The lowest BCUT2D eigenvalue weighted by molar-refractivity contribution is 0.775. The number of benzene rings is 9. The molecule has 0 amide bonds. The van der Waals surface area contributed by atoms with Gasteiger partial charge in [-0.15, -0.1) is 0 Å². The molecular weight excluding hydrogens is 763 g/mol. The van der Waals surface area contributed by atoms with Crippen molar-refractivity contribution in [3.05, 3.63) is 276 Å². The molecule has 0 atom stereocenters. The zero-order valence-electron chi connectivity index (χ0n) is 34.7. The van der Waals surface area contributed by atoms with Crippen LogP contribution >= 0.6 is 0 Å². The summed E-state index contributed by atoms with van der Waals surface area (Å²) in [7, 11) is 0. The van der Waals surface area contributed by atoms with E-state index in [2.05, 4.69) is 193 Å². The minimum atomic E-state index is -0.508. The third kappa shape index (κ3) is 6.63. The van der Waals surface area contributed by atoms with Gasteiger partial charge in [-0.05, 0) is 101 Å². The molecule has 1 aromatic heterocycles. The van der Waals surface area contributed by atoms with Crippen LogP contribution < -0.4 is 5.73 Å². The smallest absolute Gasteiger partial charge is 0.131 e. The summed E-state index contributed by atoms with van der Waals surface area (Å²) in [5.41, 5.74) is 22.4. The third-order valence-corrected chi connectivity index (χ3v) is 12.7. The van der Waals surface area contributed by atoms with E-state index in [0.29, 0.717) is 12.3 Å². The van der Waals surface area contributed by atoms with Crippen molar-refractivity contribution in [2.45, 2.75) is 11.8 Å². The molecule has 0 fully saturated rings. The first kappa shape index (κ1) is 37.8. The topological polar surface area (TPSA) is 51.3 Å². The van der Waals surface area contributed by atoms with E-state index < -0.39 is 5.41 Å². The van der Waals surface area contributed by atoms with Crippen molar-refractivity contribution in [2.24, 2.45) is 10.7 Å². The fourth-order valence-electron chi connectivity index (χ4n) is 9.86. The maximum absolute atomic E-state index is 6.80. The Hall–Kier alpha value is -8.14. The SMILES string of the molecule is NC(=N/C(=C\Cc1cccc(-c2cccnc2)c1)c1ccc(-c2ccc3c(c2)-c2ccc4ccccc4c2C3(c2ccccc2)c2ccccc2)c2ccccc12)c1ccccc1. The molecule has 0 radical (unpaired) electrons. The zero-order chi connectivity index (χ0) is 42.2. The van der Waals surface area contributed by atoms with E-state index in [1.807, 2.05) is 42.6 Å². The van der Waals surface area contributed by atoms with Crippen LogP contribution in [0.1, 0.15) is 38.9 Å². The second-order valence-electron chi connectivity index (χ2n) is 16.3. The predicted molar refractivity (Wildman–Crippen MR) is 263 cm³/mol. The summed E-state index contributed by atoms with van der Waals surface area (Å²) < 4.78 is 0. The number of nitrogens with zero attached hydrogens (tertiary/aromatic N) is 2. The van der Waals surface area contributed by atoms with Gasteiger partial charge in [-0.2, -0.15) is 0 Å². The van der Waals surface area contributed by atoms with Crippen LogP contribution in [0.25, 0.3) is 60.6 Å². The van der Waals surface area contributed by atoms with Crippen LogP contribution in [0.3, 0.4) is 0 Å². The summed E-state index contributed by atoms with van der Waals surface area (Å²) in [5, 5.41) is 4.78. The molecule has 3 heteroatoms. The molecule has 63 heavy (non-hydrogen) atoms. The first-order valence-electron chi connectivity index (χ1n) is 21.6. The summed E-state index contributed by atoms with van der Waals surface area (Å²) in [5.74, 6) is 0.476. The molecule has 1 aliphatic rings. The monoisotopic (exact) mass is 805 g/mol. The Labute approximate surface area is 368 Å². The van der Waals surface area contributed by atoms with E-state index in [9.17, 15) is 0 Å². The van der Waals surface area contributed by atoms with E-state index in [4.69, 9.17) is 10.7 Å². The summed E-state index contributed by atoms with van der Waals surface area (Å²) >= 11 is 0. The van der Waals surface area contributed by atoms with Crippen LogP contribution in [0.4, 0.5) is 0 Å². The lowest BCUT2D eigenvalue weighted by Crippen LogP contribution is -2.28. The Morgan fingerprint density at radius 3 is 1.92 bits per heavy atom. The highest BCUT2D eigenvalue weighted by atomic mass is 14.9. The highest BCUT2D eigenvalue weighted by Crippen LogP contribution is 2.58. The molecule has 0 unspecified atom stereocenters. The van der Waals surface area contributed by atoms with E-state index in [-0.39, 0.29) is 0 Å². The van der Waals surface area contributed by atoms with Crippen molar-refractivity contribution in [3.8, 4) is 33.4 Å². The van der Waals surface area contributed by atoms with Gasteiger partial charge in [-0.3, -0.25) is 4.98 Å². The largest absolute Gasteiger partial charge is 0.383 e. The molecule has 1 aliphatic carbocycles. The molecule has 9 aromatic carbocycles. The molecule has 0 aliphatic heterocycles. The summed E-state index contributed by atoms with van der Waals surface area (Å²) in [6, 6.07) is 78.6. The van der Waals surface area contributed by atoms with E-state index in [1.54, 1.807) is 6.20 Å². The van der Waals surface area contributed by atoms with Crippen molar-refractivity contribution in [3.63, 3.8) is 0 Å². The average Bonchev–Trinajstić information content (AvgIpc) is 3.67. The standard InChI is InChI=1S/C60H43N3/c61-59(43-18-4-1-5-19-43)63-57(36-29-41-16-14-20-44(38-41)46-21-15-37-62-40-46)53-34-33-49(51-27-12-13-28-52(51)53)45-31-35-56-55(39-45)54-32-30-42-17-10-11-26-50(42)58(54)60(56,47-22-6-2-7-23-47)48-24-8-3-9-25-48/h1-28,30-40H,29H2,(H2,61,63)/b57-36-. The van der Waals surface area contributed by atoms with Crippen LogP contribution in [0.5, 0.6) is 0 Å². The van der Waals surface area contributed by atoms with Crippen LogP contribution in [-0.4, -0.2) is 10.8 Å². The predicted octanol–water partition coefficient (Wildman–Crippen LogP) is 14.1. The molecule has 0 spiro atoms. The average molecular weight is 806 g/mol. The van der Waals surface area contributed by atoms with Crippen LogP contribution in [0, 0.1) is 0 Å².